The Morgan fingerprint density at radius 2 is 1.69 bits per heavy atom. The molecule has 7 nitrogen and oxygen atoms in total. The molecule has 4 aliphatic carbocycles. The zero-order valence-corrected chi connectivity index (χ0v) is 27.3. The number of aliphatic hydroxyl groups is 2. The monoisotopic (exact) mass is 602 g/mol. The molecule has 4 aliphatic rings. The Bertz CT molecular complexity index is 1260. The van der Waals surface area contributed by atoms with Crippen molar-refractivity contribution >= 4 is 16.1 Å². The van der Waals surface area contributed by atoms with Crippen molar-refractivity contribution in [2.45, 2.75) is 122 Å². The molecule has 4 fully saturated rings. The maximum Gasteiger partial charge on any atom is 0.328 e. The number of fused-ring (bicyclic) bond motifs is 5. The molecule has 0 spiro atoms. The molecule has 5 rings (SSSR count). The summed E-state index contributed by atoms with van der Waals surface area (Å²) in [5.41, 5.74) is 0.977. The van der Waals surface area contributed by atoms with E-state index in [0.29, 0.717) is 36.1 Å². The van der Waals surface area contributed by atoms with Crippen LogP contribution in [0.3, 0.4) is 0 Å². The summed E-state index contributed by atoms with van der Waals surface area (Å²) in [7, 11) is -3.97. The van der Waals surface area contributed by atoms with Crippen molar-refractivity contribution in [2.24, 2.45) is 46.3 Å². The molecule has 4 saturated carbocycles. The lowest BCUT2D eigenvalue weighted by molar-refractivity contribution is -0.202. The second-order valence-electron chi connectivity index (χ2n) is 15.6. The first-order chi connectivity index (χ1) is 19.6. The minimum Gasteiger partial charge on any atom is -0.393 e. The Kier molecular flexibility index (Phi) is 8.60. The van der Waals surface area contributed by atoms with Crippen molar-refractivity contribution in [3.05, 3.63) is 29.8 Å². The number of carbonyl (C=O) groups is 1. The van der Waals surface area contributed by atoms with Gasteiger partial charge in [-0.05, 0) is 121 Å². The predicted molar refractivity (Wildman–Crippen MR) is 165 cm³/mol. The number of sulfonamides is 1. The van der Waals surface area contributed by atoms with Gasteiger partial charge in [0, 0.05) is 6.54 Å². The molecule has 1 aromatic carbocycles. The first-order valence-electron chi connectivity index (χ1n) is 16.4. The standard InChI is InChI=1S/C34H54N2O5S/c1-7-25-28-20-23(37)13-16-34(28,6)27-14-17-33(5)21(11-12-26(33)29(27)30(25)38)15-18-35-31(39)36-42(40,41)24-10-8-9-22(19-24)32(2,3)4/h8-10,19,21,23,25-30,37-38H,7,11-18,20H2,1-6H3,(H2,35,36,39)/t21-,23-,25-,26+,27+,28+,29+,30-,33-,34-/m1/s1. The van der Waals surface area contributed by atoms with Gasteiger partial charge in [0.05, 0.1) is 17.1 Å². The number of carbonyl (C=O) groups excluding carboxylic acids is 1. The second-order valence-corrected chi connectivity index (χ2v) is 17.3. The van der Waals surface area contributed by atoms with Crippen LogP contribution in [0.5, 0.6) is 0 Å². The van der Waals surface area contributed by atoms with Crippen molar-refractivity contribution in [3.63, 3.8) is 0 Å². The number of aliphatic hydroxyl groups excluding tert-OH is 2. The second kappa shape index (κ2) is 11.4. The van der Waals surface area contributed by atoms with E-state index in [0.717, 1.165) is 63.4 Å². The van der Waals surface area contributed by atoms with Gasteiger partial charge in [-0.15, -0.1) is 0 Å². The highest BCUT2D eigenvalue weighted by Crippen LogP contribution is 2.69. The Hall–Kier alpha value is -1.64. The molecule has 0 aromatic heterocycles. The van der Waals surface area contributed by atoms with Crippen molar-refractivity contribution in [2.75, 3.05) is 6.54 Å². The molecule has 0 unspecified atom stereocenters. The van der Waals surface area contributed by atoms with Gasteiger partial charge in [0.15, 0.2) is 0 Å². The summed E-state index contributed by atoms with van der Waals surface area (Å²) in [6.45, 7) is 13.6. The van der Waals surface area contributed by atoms with E-state index >= 15 is 0 Å². The quantitative estimate of drug-likeness (QED) is 0.319. The van der Waals surface area contributed by atoms with E-state index in [9.17, 15) is 23.4 Å². The summed E-state index contributed by atoms with van der Waals surface area (Å²) in [6.07, 6.45) is 8.37. The van der Waals surface area contributed by atoms with Gasteiger partial charge >= 0.3 is 6.03 Å². The van der Waals surface area contributed by atoms with Gasteiger partial charge in [-0.2, -0.15) is 0 Å². The van der Waals surface area contributed by atoms with E-state index in [4.69, 9.17) is 0 Å². The normalized spacial score (nSPS) is 40.0. The number of hydrogen-bond donors (Lipinski definition) is 4. The highest BCUT2D eigenvalue weighted by atomic mass is 32.2. The van der Waals surface area contributed by atoms with E-state index in [1.165, 1.54) is 6.07 Å². The van der Waals surface area contributed by atoms with Crippen LogP contribution in [0.15, 0.2) is 29.2 Å². The number of nitrogens with one attached hydrogen (secondary N) is 2. The summed E-state index contributed by atoms with van der Waals surface area (Å²) >= 11 is 0. The molecular weight excluding hydrogens is 548 g/mol. The molecular formula is C34H54N2O5S. The summed E-state index contributed by atoms with van der Waals surface area (Å²) < 4.78 is 28.1. The Balaban J connectivity index is 1.22. The lowest BCUT2D eigenvalue weighted by Gasteiger charge is -2.64. The molecule has 0 aliphatic heterocycles. The molecule has 8 heteroatoms. The van der Waals surface area contributed by atoms with Crippen molar-refractivity contribution < 1.29 is 23.4 Å². The Morgan fingerprint density at radius 1 is 1.00 bits per heavy atom. The van der Waals surface area contributed by atoms with E-state index in [2.05, 4.69) is 30.8 Å². The van der Waals surface area contributed by atoms with Crippen LogP contribution in [0.4, 0.5) is 4.79 Å². The Morgan fingerprint density at radius 3 is 2.38 bits per heavy atom. The number of urea groups is 1. The van der Waals surface area contributed by atoms with Crippen molar-refractivity contribution in [1.29, 1.82) is 0 Å². The SMILES string of the molecule is CC[C@H]1[C@@H](O)[C@@H]2[C@H](CC[C@]3(C)[C@@H](CCNC(=O)NS(=O)(=O)c4cccc(C(C)(C)C)c4)CC[C@@H]23)[C@@]2(C)CC[C@@H](O)C[C@@H]12. The van der Waals surface area contributed by atoms with Gasteiger partial charge in [0.25, 0.3) is 10.0 Å². The fraction of sp³-hybridized carbons (Fsp3) is 0.794. The van der Waals surface area contributed by atoms with Crippen LogP contribution >= 0.6 is 0 Å². The maximum atomic E-state index is 12.9. The van der Waals surface area contributed by atoms with Gasteiger partial charge in [-0.25, -0.2) is 17.9 Å². The molecule has 10 atom stereocenters. The third-order valence-corrected chi connectivity index (χ3v) is 13.9. The minimum atomic E-state index is -3.97. The average molecular weight is 603 g/mol. The van der Waals surface area contributed by atoms with Gasteiger partial charge in [-0.1, -0.05) is 60.1 Å². The summed E-state index contributed by atoms with van der Waals surface area (Å²) in [6, 6.07) is 6.07. The molecule has 2 amide bonds. The van der Waals surface area contributed by atoms with Gasteiger partial charge in [0.1, 0.15) is 0 Å². The van der Waals surface area contributed by atoms with Gasteiger partial charge in [0.2, 0.25) is 0 Å². The Labute approximate surface area is 253 Å². The number of benzene rings is 1. The topological polar surface area (TPSA) is 116 Å². The van der Waals surface area contributed by atoms with Crippen LogP contribution in [0.25, 0.3) is 0 Å². The van der Waals surface area contributed by atoms with Crippen molar-refractivity contribution in [3.8, 4) is 0 Å². The summed E-state index contributed by atoms with van der Waals surface area (Å²) in [4.78, 5) is 12.8. The van der Waals surface area contributed by atoms with E-state index in [1.54, 1.807) is 12.1 Å². The fourth-order valence-corrected chi connectivity index (χ4v) is 11.2. The molecule has 4 N–H and O–H groups in total. The predicted octanol–water partition coefficient (Wildman–Crippen LogP) is 5.99. The number of hydrogen-bond acceptors (Lipinski definition) is 5. The zero-order valence-electron chi connectivity index (χ0n) is 26.5. The van der Waals surface area contributed by atoms with E-state index in [-0.39, 0.29) is 39.3 Å². The summed E-state index contributed by atoms with van der Waals surface area (Å²) in [5, 5.41) is 25.2. The molecule has 0 heterocycles. The molecule has 0 saturated heterocycles. The smallest absolute Gasteiger partial charge is 0.328 e. The average Bonchev–Trinajstić information content (AvgIpc) is 3.25. The molecule has 42 heavy (non-hydrogen) atoms. The van der Waals surface area contributed by atoms with E-state index < -0.39 is 16.1 Å². The number of rotatable bonds is 6. The van der Waals surface area contributed by atoms with Crippen LogP contribution in [-0.4, -0.2) is 43.4 Å². The third kappa shape index (κ3) is 5.53. The number of amides is 2. The van der Waals surface area contributed by atoms with Crippen LogP contribution < -0.4 is 10.0 Å². The van der Waals surface area contributed by atoms with Crippen molar-refractivity contribution in [1.82, 2.24) is 10.0 Å². The van der Waals surface area contributed by atoms with Crippen LogP contribution in [0.1, 0.15) is 105 Å². The zero-order chi connectivity index (χ0) is 30.7. The van der Waals surface area contributed by atoms with Gasteiger partial charge in [-0.3, -0.25) is 0 Å². The van der Waals surface area contributed by atoms with Crippen LogP contribution in [-0.2, 0) is 15.4 Å². The minimum absolute atomic E-state index is 0.0906. The molecule has 1 aromatic rings. The maximum absolute atomic E-state index is 12.9. The first kappa shape index (κ1) is 31.8. The lowest BCUT2D eigenvalue weighted by Crippen LogP contribution is -2.62. The van der Waals surface area contributed by atoms with E-state index in [1.807, 2.05) is 26.8 Å². The molecule has 0 bridgehead atoms. The fourth-order valence-electron chi connectivity index (χ4n) is 10.2. The molecule has 0 radical (unpaired) electrons. The highest BCUT2D eigenvalue weighted by molar-refractivity contribution is 7.90. The van der Waals surface area contributed by atoms with Crippen LogP contribution in [0.2, 0.25) is 0 Å². The summed E-state index contributed by atoms with van der Waals surface area (Å²) in [5.74, 6) is 2.30. The first-order valence-corrected chi connectivity index (χ1v) is 17.9. The largest absolute Gasteiger partial charge is 0.393 e. The third-order valence-electron chi connectivity index (χ3n) is 12.6. The highest BCUT2D eigenvalue weighted by Gasteiger charge is 2.64. The van der Waals surface area contributed by atoms with Gasteiger partial charge < -0.3 is 15.5 Å². The lowest BCUT2D eigenvalue weighted by atomic mass is 9.41. The van der Waals surface area contributed by atoms with Crippen LogP contribution in [0, 0.1) is 46.3 Å². The molecule has 236 valence electrons.